The van der Waals surface area contributed by atoms with Gasteiger partial charge in [0.25, 0.3) is 5.56 Å². The monoisotopic (exact) mass is 336 g/mol. The molecule has 0 saturated carbocycles. The van der Waals surface area contributed by atoms with E-state index in [1.165, 1.54) is 21.6 Å². The molecule has 120 valence electrons. The molecule has 1 N–H and O–H groups in total. The highest BCUT2D eigenvalue weighted by atomic mass is 32.1. The van der Waals surface area contributed by atoms with Gasteiger partial charge < -0.3 is 4.98 Å². The largest absolute Gasteiger partial charge is 0.360 e. The molecule has 0 bridgehead atoms. The molecule has 0 atom stereocenters. The molecule has 24 heavy (non-hydrogen) atoms. The van der Waals surface area contributed by atoms with Crippen molar-refractivity contribution in [1.29, 1.82) is 0 Å². The zero-order valence-corrected chi connectivity index (χ0v) is 14.2. The van der Waals surface area contributed by atoms with Gasteiger partial charge in [0.15, 0.2) is 0 Å². The average Bonchev–Trinajstić information content (AvgIpc) is 3.21. The molecule has 0 amide bonds. The first-order chi connectivity index (χ1) is 11.7. The van der Waals surface area contributed by atoms with Crippen molar-refractivity contribution in [1.82, 2.24) is 14.6 Å². The number of H-pyrrole nitrogens is 1. The Kier molecular flexibility index (Phi) is 3.54. The SMILES string of the molecule is CCc1cccc2c(/C=N/n3c(C)nc4sccc4c3=O)c[nH]c12. The molecule has 0 spiro atoms. The molecule has 4 rings (SSSR count). The summed E-state index contributed by atoms with van der Waals surface area (Å²) in [5, 5.41) is 7.97. The first-order valence-corrected chi connectivity index (χ1v) is 8.67. The summed E-state index contributed by atoms with van der Waals surface area (Å²) in [5.74, 6) is 0.584. The lowest BCUT2D eigenvalue weighted by Gasteiger charge is -2.02. The zero-order valence-electron chi connectivity index (χ0n) is 13.4. The summed E-state index contributed by atoms with van der Waals surface area (Å²) in [6, 6.07) is 8.01. The number of rotatable bonds is 3. The van der Waals surface area contributed by atoms with Crippen LogP contribution in [0.4, 0.5) is 0 Å². The number of fused-ring (bicyclic) bond motifs is 2. The first-order valence-electron chi connectivity index (χ1n) is 7.79. The number of nitrogens with zero attached hydrogens (tertiary/aromatic N) is 3. The summed E-state index contributed by atoms with van der Waals surface area (Å²) in [7, 11) is 0. The second kappa shape index (κ2) is 5.72. The van der Waals surface area contributed by atoms with Gasteiger partial charge in [0.2, 0.25) is 0 Å². The van der Waals surface area contributed by atoms with Crippen LogP contribution in [0, 0.1) is 6.92 Å². The number of hydrogen-bond donors (Lipinski definition) is 1. The number of aromatic amines is 1. The lowest BCUT2D eigenvalue weighted by atomic mass is 10.1. The highest BCUT2D eigenvalue weighted by Crippen LogP contribution is 2.21. The van der Waals surface area contributed by atoms with Crippen LogP contribution in [-0.2, 0) is 6.42 Å². The van der Waals surface area contributed by atoms with E-state index in [-0.39, 0.29) is 5.56 Å². The fourth-order valence-corrected chi connectivity index (χ4v) is 3.70. The number of aromatic nitrogens is 3. The Balaban J connectivity index is 1.83. The molecule has 5 nitrogen and oxygen atoms in total. The van der Waals surface area contributed by atoms with E-state index in [0.717, 1.165) is 27.7 Å². The second-order valence-corrected chi connectivity index (χ2v) is 6.49. The van der Waals surface area contributed by atoms with Gasteiger partial charge in [-0.3, -0.25) is 4.79 Å². The van der Waals surface area contributed by atoms with Crippen molar-refractivity contribution in [2.75, 3.05) is 0 Å². The van der Waals surface area contributed by atoms with E-state index in [9.17, 15) is 4.79 Å². The van der Waals surface area contributed by atoms with Crippen LogP contribution in [0.15, 0.2) is 45.7 Å². The third kappa shape index (κ3) is 2.27. The van der Waals surface area contributed by atoms with Gasteiger partial charge in [-0.15, -0.1) is 11.3 Å². The molecule has 6 heteroatoms. The molecule has 0 fully saturated rings. The van der Waals surface area contributed by atoms with Gasteiger partial charge in [0.05, 0.1) is 11.6 Å². The Morgan fingerprint density at radius 1 is 1.33 bits per heavy atom. The lowest BCUT2D eigenvalue weighted by molar-refractivity contribution is 0.772. The molecule has 1 aromatic carbocycles. The van der Waals surface area contributed by atoms with E-state index in [1.54, 1.807) is 19.2 Å². The van der Waals surface area contributed by atoms with Gasteiger partial charge in [-0.05, 0) is 30.4 Å². The number of benzene rings is 1. The van der Waals surface area contributed by atoms with Crippen molar-refractivity contribution in [2.45, 2.75) is 20.3 Å². The predicted octanol–water partition coefficient (Wildman–Crippen LogP) is 3.69. The average molecular weight is 336 g/mol. The van der Waals surface area contributed by atoms with Gasteiger partial charge in [-0.1, -0.05) is 25.1 Å². The minimum absolute atomic E-state index is 0.135. The number of hydrogen-bond acceptors (Lipinski definition) is 4. The van der Waals surface area contributed by atoms with Crippen LogP contribution < -0.4 is 5.56 Å². The smallest absolute Gasteiger partial charge is 0.282 e. The van der Waals surface area contributed by atoms with Crippen molar-refractivity contribution in [3.63, 3.8) is 0 Å². The fraction of sp³-hybridized carbons (Fsp3) is 0.167. The molecule has 0 saturated heterocycles. The Hall–Kier alpha value is -2.73. The minimum Gasteiger partial charge on any atom is -0.360 e. The number of thiophene rings is 1. The maximum Gasteiger partial charge on any atom is 0.282 e. The molecule has 0 radical (unpaired) electrons. The summed E-state index contributed by atoms with van der Waals surface area (Å²) < 4.78 is 1.36. The standard InChI is InChI=1S/C18H16N4OS/c1-3-12-5-4-6-14-13(9-19-16(12)14)10-20-22-11(2)21-17-15(18(22)23)7-8-24-17/h4-10,19H,3H2,1-2H3/b20-10+. The van der Waals surface area contributed by atoms with Gasteiger partial charge in [-0.25, -0.2) is 4.98 Å². The highest BCUT2D eigenvalue weighted by Gasteiger charge is 2.09. The third-order valence-corrected chi connectivity index (χ3v) is 4.97. The summed E-state index contributed by atoms with van der Waals surface area (Å²) in [5.41, 5.74) is 3.21. The van der Waals surface area contributed by atoms with E-state index >= 15 is 0 Å². The molecule has 0 unspecified atom stereocenters. The maximum absolute atomic E-state index is 12.5. The normalized spacial score (nSPS) is 11.9. The molecule has 0 aliphatic rings. The summed E-state index contributed by atoms with van der Waals surface area (Å²) in [6.07, 6.45) is 4.60. The quantitative estimate of drug-likeness (QED) is 0.580. The van der Waals surface area contributed by atoms with Crippen LogP contribution in [-0.4, -0.2) is 20.9 Å². The van der Waals surface area contributed by atoms with E-state index < -0.39 is 0 Å². The van der Waals surface area contributed by atoms with E-state index in [4.69, 9.17) is 0 Å². The topological polar surface area (TPSA) is 63.0 Å². The van der Waals surface area contributed by atoms with Gasteiger partial charge in [0, 0.05) is 22.7 Å². The maximum atomic E-state index is 12.5. The van der Waals surface area contributed by atoms with E-state index in [0.29, 0.717) is 11.2 Å². The third-order valence-electron chi connectivity index (χ3n) is 4.16. The number of para-hydroxylation sites is 1. The van der Waals surface area contributed by atoms with E-state index in [2.05, 4.69) is 34.1 Å². The van der Waals surface area contributed by atoms with Crippen LogP contribution in [0.1, 0.15) is 23.9 Å². The molecular weight excluding hydrogens is 320 g/mol. The van der Waals surface area contributed by atoms with E-state index in [1.807, 2.05) is 17.6 Å². The molecule has 3 aromatic heterocycles. The Morgan fingerprint density at radius 2 is 2.21 bits per heavy atom. The van der Waals surface area contributed by atoms with Gasteiger partial charge in [-0.2, -0.15) is 9.78 Å². The molecule has 0 aliphatic carbocycles. The number of nitrogens with one attached hydrogen (secondary N) is 1. The van der Waals surface area contributed by atoms with Crippen LogP contribution in [0.2, 0.25) is 0 Å². The van der Waals surface area contributed by atoms with Crippen molar-refractivity contribution in [2.24, 2.45) is 5.10 Å². The van der Waals surface area contributed by atoms with Crippen molar-refractivity contribution in [3.05, 3.63) is 63.1 Å². The van der Waals surface area contributed by atoms with Crippen LogP contribution in [0.3, 0.4) is 0 Å². The zero-order chi connectivity index (χ0) is 16.7. The Morgan fingerprint density at radius 3 is 3.04 bits per heavy atom. The molecule has 4 aromatic rings. The minimum atomic E-state index is -0.135. The van der Waals surface area contributed by atoms with Crippen LogP contribution in [0.5, 0.6) is 0 Å². The predicted molar refractivity (Wildman–Crippen MR) is 99.3 cm³/mol. The second-order valence-electron chi connectivity index (χ2n) is 5.60. The van der Waals surface area contributed by atoms with Crippen molar-refractivity contribution in [3.8, 4) is 0 Å². The summed E-state index contributed by atoms with van der Waals surface area (Å²) >= 11 is 1.46. The Bertz CT molecular complexity index is 1130. The summed E-state index contributed by atoms with van der Waals surface area (Å²) in [4.78, 5) is 21.0. The molecule has 0 aliphatic heterocycles. The number of aryl methyl sites for hydroxylation is 2. The lowest BCUT2D eigenvalue weighted by Crippen LogP contribution is -2.19. The van der Waals surface area contributed by atoms with Gasteiger partial charge >= 0.3 is 0 Å². The Labute approximate surface area is 142 Å². The molecular formula is C18H16N4OS. The van der Waals surface area contributed by atoms with Crippen molar-refractivity contribution >= 4 is 38.7 Å². The van der Waals surface area contributed by atoms with Crippen LogP contribution >= 0.6 is 11.3 Å². The summed E-state index contributed by atoms with van der Waals surface area (Å²) in [6.45, 7) is 3.93. The fourth-order valence-electron chi connectivity index (χ4n) is 2.90. The first kappa shape index (κ1) is 14.8. The molecule has 3 heterocycles. The van der Waals surface area contributed by atoms with Crippen molar-refractivity contribution < 1.29 is 0 Å². The van der Waals surface area contributed by atoms with Gasteiger partial charge in [0.1, 0.15) is 10.7 Å². The van der Waals surface area contributed by atoms with Crippen LogP contribution in [0.25, 0.3) is 21.1 Å². The highest BCUT2D eigenvalue weighted by molar-refractivity contribution is 7.16.